The zero-order valence-corrected chi connectivity index (χ0v) is 15.8. The van der Waals surface area contributed by atoms with E-state index in [2.05, 4.69) is 31.5 Å². The Kier molecular flexibility index (Phi) is 5.64. The molecule has 144 valence electrons. The topological polar surface area (TPSA) is 114 Å². The Morgan fingerprint density at radius 1 is 1.07 bits per heavy atom. The maximum Gasteiger partial charge on any atom is 0.319 e. The number of amides is 3. The molecule has 1 atom stereocenters. The number of benzene rings is 2. The molecule has 0 radical (unpaired) electrons. The van der Waals surface area contributed by atoms with Gasteiger partial charge in [-0.25, -0.2) is 9.48 Å². The zero-order valence-electron chi connectivity index (χ0n) is 15.8. The van der Waals surface area contributed by atoms with Crippen molar-refractivity contribution in [2.45, 2.75) is 19.9 Å². The first kappa shape index (κ1) is 19.0. The molecule has 0 fully saturated rings. The van der Waals surface area contributed by atoms with E-state index in [1.54, 1.807) is 44.3 Å². The highest BCUT2D eigenvalue weighted by Crippen LogP contribution is 2.19. The van der Waals surface area contributed by atoms with Crippen LogP contribution in [0.5, 0.6) is 0 Å². The van der Waals surface area contributed by atoms with Crippen molar-refractivity contribution in [2.24, 2.45) is 7.05 Å². The van der Waals surface area contributed by atoms with Gasteiger partial charge in [-0.2, -0.15) is 0 Å². The molecule has 1 aromatic heterocycles. The van der Waals surface area contributed by atoms with E-state index in [0.717, 1.165) is 5.56 Å². The van der Waals surface area contributed by atoms with Gasteiger partial charge in [-0.05, 0) is 54.1 Å². The van der Waals surface area contributed by atoms with Crippen LogP contribution in [-0.4, -0.2) is 32.1 Å². The normalized spacial score (nSPS) is 11.5. The SMILES string of the molecule is Cc1ccc(C(=O)Nc2ccccc2)cc1NC(=O)N[C@H](C)c1nnnn1C. The minimum absolute atomic E-state index is 0.256. The van der Waals surface area contributed by atoms with Crippen molar-refractivity contribution < 1.29 is 9.59 Å². The lowest BCUT2D eigenvalue weighted by Gasteiger charge is -2.15. The number of tetrazole rings is 1. The van der Waals surface area contributed by atoms with Crippen LogP contribution in [0.4, 0.5) is 16.2 Å². The maximum atomic E-state index is 12.5. The molecule has 0 aliphatic rings. The monoisotopic (exact) mass is 379 g/mol. The molecule has 28 heavy (non-hydrogen) atoms. The molecule has 3 amide bonds. The fraction of sp³-hybridized carbons (Fsp3) is 0.211. The number of nitrogens with one attached hydrogen (secondary N) is 3. The number of nitrogens with zero attached hydrogens (tertiary/aromatic N) is 4. The predicted octanol–water partition coefficient (Wildman–Crippen LogP) is 2.65. The molecule has 0 spiro atoms. The lowest BCUT2D eigenvalue weighted by atomic mass is 10.1. The summed E-state index contributed by atoms with van der Waals surface area (Å²) < 4.78 is 1.49. The molecule has 3 rings (SSSR count). The summed E-state index contributed by atoms with van der Waals surface area (Å²) in [7, 11) is 1.70. The first-order chi connectivity index (χ1) is 13.4. The van der Waals surface area contributed by atoms with E-state index < -0.39 is 6.03 Å². The van der Waals surface area contributed by atoms with E-state index in [-0.39, 0.29) is 11.9 Å². The van der Waals surface area contributed by atoms with Crippen molar-refractivity contribution in [1.82, 2.24) is 25.5 Å². The number of urea groups is 1. The van der Waals surface area contributed by atoms with Crippen LogP contribution in [0, 0.1) is 6.92 Å². The average Bonchev–Trinajstić information content (AvgIpc) is 3.10. The van der Waals surface area contributed by atoms with Gasteiger partial charge in [0.25, 0.3) is 5.91 Å². The first-order valence-corrected chi connectivity index (χ1v) is 8.71. The molecule has 1 heterocycles. The van der Waals surface area contributed by atoms with Crippen molar-refractivity contribution in [3.63, 3.8) is 0 Å². The number of aryl methyl sites for hydroxylation is 2. The molecule has 3 N–H and O–H groups in total. The maximum absolute atomic E-state index is 12.5. The quantitative estimate of drug-likeness (QED) is 0.631. The van der Waals surface area contributed by atoms with Crippen molar-refractivity contribution in [3.05, 3.63) is 65.5 Å². The number of hydrogen-bond donors (Lipinski definition) is 3. The van der Waals surface area contributed by atoms with Gasteiger partial charge in [0.2, 0.25) is 0 Å². The summed E-state index contributed by atoms with van der Waals surface area (Å²) in [4.78, 5) is 24.8. The Bertz CT molecular complexity index is 985. The molecule has 0 saturated carbocycles. The van der Waals surface area contributed by atoms with Gasteiger partial charge in [0, 0.05) is 24.0 Å². The van der Waals surface area contributed by atoms with Gasteiger partial charge < -0.3 is 16.0 Å². The summed E-state index contributed by atoms with van der Waals surface area (Å²) in [5, 5.41) is 19.6. The molecule has 3 aromatic rings. The summed E-state index contributed by atoms with van der Waals surface area (Å²) in [6.07, 6.45) is 0. The molecule has 0 aliphatic carbocycles. The highest BCUT2D eigenvalue weighted by Gasteiger charge is 2.16. The van der Waals surface area contributed by atoms with Crippen LogP contribution in [0.2, 0.25) is 0 Å². The highest BCUT2D eigenvalue weighted by molar-refractivity contribution is 6.05. The van der Waals surface area contributed by atoms with Gasteiger partial charge in [-0.3, -0.25) is 4.79 Å². The lowest BCUT2D eigenvalue weighted by Crippen LogP contribution is -2.32. The Morgan fingerprint density at radius 2 is 1.82 bits per heavy atom. The summed E-state index contributed by atoms with van der Waals surface area (Å²) in [6, 6.07) is 13.5. The Morgan fingerprint density at radius 3 is 2.50 bits per heavy atom. The number of para-hydroxylation sites is 1. The minimum atomic E-state index is -0.417. The van der Waals surface area contributed by atoms with E-state index in [1.165, 1.54) is 4.68 Å². The molecule has 2 aromatic carbocycles. The van der Waals surface area contributed by atoms with Crippen LogP contribution in [0.25, 0.3) is 0 Å². The van der Waals surface area contributed by atoms with Crippen LogP contribution in [0.15, 0.2) is 48.5 Å². The predicted molar refractivity (Wildman–Crippen MR) is 105 cm³/mol. The van der Waals surface area contributed by atoms with Crippen molar-refractivity contribution in [2.75, 3.05) is 10.6 Å². The fourth-order valence-corrected chi connectivity index (χ4v) is 2.65. The smallest absolute Gasteiger partial charge is 0.319 e. The Balaban J connectivity index is 1.68. The third-order valence-electron chi connectivity index (χ3n) is 4.17. The van der Waals surface area contributed by atoms with Gasteiger partial charge in [0.1, 0.15) is 0 Å². The van der Waals surface area contributed by atoms with Gasteiger partial charge in [0.15, 0.2) is 5.82 Å². The molecule has 9 nitrogen and oxygen atoms in total. The van der Waals surface area contributed by atoms with Gasteiger partial charge in [-0.1, -0.05) is 24.3 Å². The summed E-state index contributed by atoms with van der Waals surface area (Å²) >= 11 is 0. The van der Waals surface area contributed by atoms with Gasteiger partial charge in [-0.15, -0.1) is 5.10 Å². The second kappa shape index (κ2) is 8.30. The summed E-state index contributed by atoms with van der Waals surface area (Å²) in [6.45, 7) is 3.63. The van der Waals surface area contributed by atoms with E-state index in [1.807, 2.05) is 25.1 Å². The van der Waals surface area contributed by atoms with Crippen LogP contribution >= 0.6 is 0 Å². The van der Waals surface area contributed by atoms with E-state index in [4.69, 9.17) is 0 Å². The third kappa shape index (κ3) is 4.50. The fourth-order valence-electron chi connectivity index (χ4n) is 2.65. The van der Waals surface area contributed by atoms with Gasteiger partial charge >= 0.3 is 6.03 Å². The number of anilines is 2. The van der Waals surface area contributed by atoms with Crippen LogP contribution in [-0.2, 0) is 7.05 Å². The number of carbonyl (C=O) groups is 2. The van der Waals surface area contributed by atoms with Crippen molar-refractivity contribution >= 4 is 23.3 Å². The molecular formula is C19H21N7O2. The first-order valence-electron chi connectivity index (χ1n) is 8.71. The molecule has 9 heteroatoms. The van der Waals surface area contributed by atoms with Crippen molar-refractivity contribution in [3.8, 4) is 0 Å². The number of carbonyl (C=O) groups excluding carboxylic acids is 2. The average molecular weight is 379 g/mol. The van der Waals surface area contributed by atoms with Crippen molar-refractivity contribution in [1.29, 1.82) is 0 Å². The van der Waals surface area contributed by atoms with Gasteiger partial charge in [0.05, 0.1) is 6.04 Å². The molecular weight excluding hydrogens is 358 g/mol. The minimum Gasteiger partial charge on any atom is -0.328 e. The molecule has 0 bridgehead atoms. The van der Waals surface area contributed by atoms with Crippen LogP contribution < -0.4 is 16.0 Å². The van der Waals surface area contributed by atoms with Crippen LogP contribution in [0.3, 0.4) is 0 Å². The van der Waals surface area contributed by atoms with E-state index in [0.29, 0.717) is 22.8 Å². The third-order valence-corrected chi connectivity index (χ3v) is 4.17. The zero-order chi connectivity index (χ0) is 20.1. The Hall–Kier alpha value is -3.75. The molecule has 0 saturated heterocycles. The second-order valence-corrected chi connectivity index (χ2v) is 6.33. The number of rotatable bonds is 5. The van der Waals surface area contributed by atoms with Crippen LogP contribution in [0.1, 0.15) is 34.7 Å². The van der Waals surface area contributed by atoms with E-state index in [9.17, 15) is 9.59 Å². The number of hydrogen-bond acceptors (Lipinski definition) is 5. The van der Waals surface area contributed by atoms with E-state index >= 15 is 0 Å². The molecule has 0 aliphatic heterocycles. The summed E-state index contributed by atoms with van der Waals surface area (Å²) in [5.41, 5.74) is 2.52. The standard InChI is InChI=1S/C19H21N7O2/c1-12-9-10-14(18(27)21-15-7-5-4-6-8-15)11-16(12)22-19(28)20-13(2)17-23-24-25-26(17)3/h4-11,13H,1-3H3,(H,21,27)(H2,20,22,28)/t13-/m1/s1. The highest BCUT2D eigenvalue weighted by atomic mass is 16.2. The molecule has 0 unspecified atom stereocenters. The largest absolute Gasteiger partial charge is 0.328 e. The lowest BCUT2D eigenvalue weighted by molar-refractivity contribution is 0.102. The second-order valence-electron chi connectivity index (χ2n) is 6.33. The number of aromatic nitrogens is 4. The Labute approximate surface area is 162 Å². The summed E-state index contributed by atoms with van der Waals surface area (Å²) in [5.74, 6) is 0.274.